The molecule has 0 fully saturated rings. The number of ketones is 2. The molecule has 30 heavy (non-hydrogen) atoms. The Morgan fingerprint density at radius 1 is 0.633 bits per heavy atom. The quantitative estimate of drug-likeness (QED) is 0.438. The smallest absolute Gasteiger partial charge is 0.189 e. The summed E-state index contributed by atoms with van der Waals surface area (Å²) in [5.74, 6) is -3.00. The van der Waals surface area contributed by atoms with Gasteiger partial charge in [-0.15, -0.1) is 0 Å². The third-order valence-electron chi connectivity index (χ3n) is 4.24. The van der Waals surface area contributed by atoms with Gasteiger partial charge in [-0.1, -0.05) is 36.4 Å². The lowest BCUT2D eigenvalue weighted by atomic mass is 10.0. The highest BCUT2D eigenvalue weighted by atomic mass is 19.1. The number of hydrogen-bond acceptors (Lipinski definition) is 4. The van der Waals surface area contributed by atoms with Gasteiger partial charge in [-0.3, -0.25) is 9.59 Å². The summed E-state index contributed by atoms with van der Waals surface area (Å²) in [6, 6.07) is 12.9. The molecule has 0 saturated heterocycles. The van der Waals surface area contributed by atoms with E-state index in [0.29, 0.717) is 11.1 Å². The molecule has 0 aliphatic heterocycles. The van der Waals surface area contributed by atoms with Crippen molar-refractivity contribution in [3.63, 3.8) is 0 Å². The van der Waals surface area contributed by atoms with Crippen LogP contribution in [0.1, 0.15) is 31.8 Å². The first-order valence-corrected chi connectivity index (χ1v) is 8.85. The van der Waals surface area contributed by atoms with Gasteiger partial charge < -0.3 is 10.2 Å². The van der Waals surface area contributed by atoms with Crippen molar-refractivity contribution in [1.29, 1.82) is 0 Å². The Balaban J connectivity index is 1.83. The summed E-state index contributed by atoms with van der Waals surface area (Å²) in [6.07, 6.45) is 5.21. The Kier molecular flexibility index (Phi) is 6.17. The van der Waals surface area contributed by atoms with E-state index in [-0.39, 0.29) is 11.1 Å². The summed E-state index contributed by atoms with van der Waals surface area (Å²) in [5, 5.41) is 20.0. The second kappa shape index (κ2) is 8.96. The molecular formula is C24H16F2O4. The lowest BCUT2D eigenvalue weighted by molar-refractivity contribution is 0.104. The van der Waals surface area contributed by atoms with E-state index in [2.05, 4.69) is 0 Å². The van der Waals surface area contributed by atoms with Crippen molar-refractivity contribution in [1.82, 2.24) is 0 Å². The normalized spacial score (nSPS) is 11.3. The molecule has 150 valence electrons. The maximum absolute atomic E-state index is 12.9. The minimum Gasteiger partial charge on any atom is -0.507 e. The first kappa shape index (κ1) is 20.7. The van der Waals surface area contributed by atoms with Crippen LogP contribution in [0.4, 0.5) is 8.78 Å². The van der Waals surface area contributed by atoms with Crippen molar-refractivity contribution in [2.75, 3.05) is 0 Å². The topological polar surface area (TPSA) is 74.6 Å². The van der Waals surface area contributed by atoms with E-state index in [0.717, 1.165) is 12.1 Å². The van der Waals surface area contributed by atoms with Crippen LogP contribution in [-0.2, 0) is 0 Å². The van der Waals surface area contributed by atoms with Crippen LogP contribution in [0.15, 0.2) is 72.8 Å². The summed E-state index contributed by atoms with van der Waals surface area (Å²) in [4.78, 5) is 24.9. The van der Waals surface area contributed by atoms with Gasteiger partial charge in [-0.25, -0.2) is 8.78 Å². The second-order valence-electron chi connectivity index (χ2n) is 6.38. The lowest BCUT2D eigenvalue weighted by Gasteiger charge is -2.06. The first-order valence-electron chi connectivity index (χ1n) is 8.85. The Morgan fingerprint density at radius 3 is 1.37 bits per heavy atom. The van der Waals surface area contributed by atoms with E-state index in [1.807, 2.05) is 0 Å². The van der Waals surface area contributed by atoms with Crippen LogP contribution in [0.2, 0.25) is 0 Å². The molecule has 0 atom stereocenters. The van der Waals surface area contributed by atoms with Crippen molar-refractivity contribution in [3.8, 4) is 11.5 Å². The van der Waals surface area contributed by atoms with Crippen LogP contribution in [0, 0.1) is 11.6 Å². The predicted octanol–water partition coefficient (Wildman–Crippen LogP) is 5.17. The standard InChI is InChI=1S/C24H16F2O4/c25-17-7-1-15(2-8-17)5-11-21(27)19-13-20(24(30)14-23(19)29)22(28)12-6-16-3-9-18(26)10-4-16/h1-14,29-30H/b11-5+,12-6+. The number of halogens is 2. The lowest BCUT2D eigenvalue weighted by Crippen LogP contribution is -2.01. The summed E-state index contributed by atoms with van der Waals surface area (Å²) in [5.41, 5.74) is 0.789. The minimum atomic E-state index is -0.603. The van der Waals surface area contributed by atoms with E-state index >= 15 is 0 Å². The molecule has 6 heteroatoms. The zero-order valence-electron chi connectivity index (χ0n) is 15.5. The van der Waals surface area contributed by atoms with Crippen LogP contribution in [0.5, 0.6) is 11.5 Å². The average Bonchev–Trinajstić information content (AvgIpc) is 2.72. The molecule has 0 aliphatic rings. The number of carbonyl (C=O) groups is 2. The van der Waals surface area contributed by atoms with E-state index in [1.54, 1.807) is 0 Å². The molecule has 0 aromatic heterocycles. The number of phenols is 2. The van der Waals surface area contributed by atoms with Crippen LogP contribution in [0.25, 0.3) is 12.2 Å². The Bertz CT molecular complexity index is 1060. The fourth-order valence-corrected chi connectivity index (χ4v) is 2.64. The molecule has 0 aliphatic carbocycles. The number of allylic oxidation sites excluding steroid dienone is 2. The van der Waals surface area contributed by atoms with Gasteiger partial charge >= 0.3 is 0 Å². The number of hydrogen-bond donors (Lipinski definition) is 2. The molecule has 0 heterocycles. The number of benzene rings is 3. The van der Waals surface area contributed by atoms with E-state index in [9.17, 15) is 28.6 Å². The van der Waals surface area contributed by atoms with Gasteiger partial charge in [0.25, 0.3) is 0 Å². The van der Waals surface area contributed by atoms with E-state index < -0.39 is 34.7 Å². The zero-order valence-corrected chi connectivity index (χ0v) is 15.5. The third kappa shape index (κ3) is 5.05. The van der Waals surface area contributed by atoms with Crippen molar-refractivity contribution in [3.05, 3.63) is 107 Å². The molecule has 0 amide bonds. The second-order valence-corrected chi connectivity index (χ2v) is 6.38. The predicted molar refractivity (Wildman–Crippen MR) is 109 cm³/mol. The van der Waals surface area contributed by atoms with Crippen LogP contribution < -0.4 is 0 Å². The monoisotopic (exact) mass is 406 g/mol. The average molecular weight is 406 g/mol. The highest BCUT2D eigenvalue weighted by Gasteiger charge is 2.17. The molecule has 3 aromatic rings. The van der Waals surface area contributed by atoms with Crippen LogP contribution in [-0.4, -0.2) is 21.8 Å². The molecule has 3 aromatic carbocycles. The van der Waals surface area contributed by atoms with Gasteiger partial charge in [-0.05, 0) is 53.6 Å². The molecule has 0 radical (unpaired) electrons. The summed E-state index contributed by atoms with van der Waals surface area (Å²) in [7, 11) is 0. The Hall–Kier alpha value is -4.06. The summed E-state index contributed by atoms with van der Waals surface area (Å²) in [6.45, 7) is 0. The van der Waals surface area contributed by atoms with Gasteiger partial charge in [0, 0.05) is 6.07 Å². The zero-order chi connectivity index (χ0) is 21.7. The highest BCUT2D eigenvalue weighted by molar-refractivity contribution is 6.13. The van der Waals surface area contributed by atoms with E-state index in [1.165, 1.54) is 72.8 Å². The van der Waals surface area contributed by atoms with Gasteiger partial charge in [-0.2, -0.15) is 0 Å². The van der Waals surface area contributed by atoms with Crippen molar-refractivity contribution >= 4 is 23.7 Å². The van der Waals surface area contributed by atoms with E-state index in [4.69, 9.17) is 0 Å². The maximum Gasteiger partial charge on any atom is 0.189 e. The van der Waals surface area contributed by atoms with Crippen molar-refractivity contribution in [2.45, 2.75) is 0 Å². The molecule has 3 rings (SSSR count). The fourth-order valence-electron chi connectivity index (χ4n) is 2.64. The van der Waals surface area contributed by atoms with Gasteiger partial charge in [0.1, 0.15) is 23.1 Å². The summed E-state index contributed by atoms with van der Waals surface area (Å²) >= 11 is 0. The maximum atomic E-state index is 12.9. The SMILES string of the molecule is O=C(/C=C/c1ccc(F)cc1)c1cc(C(=O)/C=C/c2ccc(F)cc2)c(O)cc1O. The molecule has 2 N–H and O–H groups in total. The van der Waals surface area contributed by atoms with Crippen molar-refractivity contribution in [2.24, 2.45) is 0 Å². The number of aromatic hydroxyl groups is 2. The first-order chi connectivity index (χ1) is 14.3. The third-order valence-corrected chi connectivity index (χ3v) is 4.24. The number of rotatable bonds is 6. The largest absolute Gasteiger partial charge is 0.507 e. The number of phenolic OH excluding ortho intramolecular Hbond substituents is 2. The summed E-state index contributed by atoms with van der Waals surface area (Å²) < 4.78 is 25.9. The Labute approximate surface area is 171 Å². The number of carbonyl (C=O) groups excluding carboxylic acids is 2. The molecule has 4 nitrogen and oxygen atoms in total. The van der Waals surface area contributed by atoms with Crippen molar-refractivity contribution < 1.29 is 28.6 Å². The molecule has 0 saturated carbocycles. The molecule has 0 spiro atoms. The molecular weight excluding hydrogens is 390 g/mol. The Morgan fingerprint density at radius 2 is 1.00 bits per heavy atom. The minimum absolute atomic E-state index is 0.176. The van der Waals surface area contributed by atoms with Crippen LogP contribution in [0.3, 0.4) is 0 Å². The highest BCUT2D eigenvalue weighted by Crippen LogP contribution is 2.29. The van der Waals surface area contributed by atoms with Crippen LogP contribution >= 0.6 is 0 Å². The van der Waals surface area contributed by atoms with Gasteiger partial charge in [0.2, 0.25) is 0 Å². The van der Waals surface area contributed by atoms with Gasteiger partial charge in [0.05, 0.1) is 11.1 Å². The fraction of sp³-hybridized carbons (Fsp3) is 0. The molecule has 0 bridgehead atoms. The molecule has 0 unspecified atom stereocenters. The van der Waals surface area contributed by atoms with Gasteiger partial charge in [0.15, 0.2) is 11.6 Å².